The molecule has 0 bridgehead atoms. The highest BCUT2D eigenvalue weighted by molar-refractivity contribution is 5.81. The van der Waals surface area contributed by atoms with Crippen LogP contribution in [0.4, 0.5) is 0 Å². The number of hydrogen-bond acceptors (Lipinski definition) is 3. The maximum absolute atomic E-state index is 12.6. The fraction of sp³-hybridized carbons (Fsp3) is 0.611. The number of aliphatic hydroxyl groups excluding tert-OH is 1. The Bertz CT molecular complexity index is 457. The smallest absolute Gasteiger partial charge is 0.239 e. The molecular weight excluding hydrogens is 276 g/mol. The number of rotatable bonds is 6. The summed E-state index contributed by atoms with van der Waals surface area (Å²) in [5.74, 6) is 0.112. The molecule has 122 valence electrons. The molecule has 2 N–H and O–H groups in total. The van der Waals surface area contributed by atoms with E-state index in [1.165, 1.54) is 19.3 Å². The monoisotopic (exact) mass is 304 g/mol. The van der Waals surface area contributed by atoms with E-state index in [0.717, 1.165) is 18.4 Å². The molecule has 4 heteroatoms. The zero-order valence-corrected chi connectivity index (χ0v) is 13.7. The van der Waals surface area contributed by atoms with Gasteiger partial charge in [0.15, 0.2) is 0 Å². The number of amides is 1. The van der Waals surface area contributed by atoms with Crippen LogP contribution in [0.15, 0.2) is 30.3 Å². The molecule has 22 heavy (non-hydrogen) atoms. The van der Waals surface area contributed by atoms with Gasteiger partial charge in [-0.15, -0.1) is 0 Å². The summed E-state index contributed by atoms with van der Waals surface area (Å²) in [7, 11) is 1.91. The number of likely N-dealkylation sites (N-methyl/N-ethyl adjacent to an activating group) is 1. The number of carbonyl (C=O) groups excluding carboxylic acids is 1. The highest BCUT2D eigenvalue weighted by Crippen LogP contribution is 2.22. The Morgan fingerprint density at radius 3 is 2.50 bits per heavy atom. The molecule has 1 aromatic rings. The van der Waals surface area contributed by atoms with Gasteiger partial charge in [-0.25, -0.2) is 0 Å². The van der Waals surface area contributed by atoms with Crippen molar-refractivity contribution in [2.24, 2.45) is 0 Å². The third kappa shape index (κ3) is 4.31. The van der Waals surface area contributed by atoms with Crippen molar-refractivity contribution < 1.29 is 9.90 Å². The Morgan fingerprint density at radius 2 is 1.91 bits per heavy atom. The molecule has 1 saturated carbocycles. The second-order valence-electron chi connectivity index (χ2n) is 6.28. The van der Waals surface area contributed by atoms with Crippen molar-refractivity contribution in [3.63, 3.8) is 0 Å². The predicted molar refractivity (Wildman–Crippen MR) is 88.5 cm³/mol. The maximum Gasteiger partial charge on any atom is 0.239 e. The van der Waals surface area contributed by atoms with E-state index in [2.05, 4.69) is 5.32 Å². The van der Waals surface area contributed by atoms with Crippen LogP contribution < -0.4 is 5.32 Å². The van der Waals surface area contributed by atoms with Gasteiger partial charge in [0.25, 0.3) is 0 Å². The van der Waals surface area contributed by atoms with E-state index < -0.39 is 0 Å². The zero-order chi connectivity index (χ0) is 15.9. The minimum absolute atomic E-state index is 0.0191. The fourth-order valence-electron chi connectivity index (χ4n) is 3.27. The van der Waals surface area contributed by atoms with Gasteiger partial charge in [0.05, 0.1) is 18.7 Å². The molecule has 0 aliphatic heterocycles. The number of nitrogens with one attached hydrogen (secondary N) is 1. The number of benzene rings is 1. The molecule has 0 radical (unpaired) electrons. The fourth-order valence-corrected chi connectivity index (χ4v) is 3.27. The highest BCUT2D eigenvalue weighted by atomic mass is 16.3. The lowest BCUT2D eigenvalue weighted by atomic mass is 9.94. The van der Waals surface area contributed by atoms with Gasteiger partial charge in [-0.05, 0) is 25.3 Å². The van der Waals surface area contributed by atoms with Gasteiger partial charge in [-0.1, -0.05) is 49.6 Å². The van der Waals surface area contributed by atoms with Crippen molar-refractivity contribution in [3.05, 3.63) is 35.9 Å². The number of carbonyl (C=O) groups is 1. The summed E-state index contributed by atoms with van der Waals surface area (Å²) in [6, 6.07) is 9.63. The van der Waals surface area contributed by atoms with E-state index in [4.69, 9.17) is 0 Å². The Labute approximate surface area is 133 Å². The second kappa shape index (κ2) is 8.30. The molecule has 0 aromatic heterocycles. The largest absolute Gasteiger partial charge is 0.394 e. The van der Waals surface area contributed by atoms with E-state index in [0.29, 0.717) is 6.04 Å². The van der Waals surface area contributed by atoms with Gasteiger partial charge in [0, 0.05) is 13.1 Å². The van der Waals surface area contributed by atoms with Crippen LogP contribution >= 0.6 is 0 Å². The molecule has 1 aromatic carbocycles. The minimum Gasteiger partial charge on any atom is -0.394 e. The molecular formula is C18H28N2O2. The van der Waals surface area contributed by atoms with Gasteiger partial charge in [0.2, 0.25) is 5.91 Å². The van der Waals surface area contributed by atoms with E-state index >= 15 is 0 Å². The van der Waals surface area contributed by atoms with Crippen LogP contribution in [0, 0.1) is 0 Å². The molecule has 0 saturated heterocycles. The van der Waals surface area contributed by atoms with Crippen molar-refractivity contribution in [3.8, 4) is 0 Å². The number of hydrogen-bond donors (Lipinski definition) is 2. The number of nitrogens with zero attached hydrogens (tertiary/aromatic N) is 1. The van der Waals surface area contributed by atoms with Crippen LogP contribution in [-0.2, 0) is 4.79 Å². The SMILES string of the molecule is C[C@H](N[C@@H](CO)c1ccccc1)C(=O)N(C)C1CCCCC1. The summed E-state index contributed by atoms with van der Waals surface area (Å²) in [5.41, 5.74) is 1.00. The first-order valence-electron chi connectivity index (χ1n) is 8.32. The van der Waals surface area contributed by atoms with Gasteiger partial charge >= 0.3 is 0 Å². The van der Waals surface area contributed by atoms with E-state index in [1.807, 2.05) is 49.2 Å². The summed E-state index contributed by atoms with van der Waals surface area (Å²) < 4.78 is 0. The van der Waals surface area contributed by atoms with Crippen LogP contribution in [0.1, 0.15) is 50.6 Å². The van der Waals surface area contributed by atoms with E-state index in [-0.39, 0.29) is 24.6 Å². The molecule has 2 rings (SSSR count). The topological polar surface area (TPSA) is 52.6 Å². The molecule has 4 nitrogen and oxygen atoms in total. The summed E-state index contributed by atoms with van der Waals surface area (Å²) in [5, 5.41) is 12.9. The maximum atomic E-state index is 12.6. The molecule has 1 amide bonds. The first-order chi connectivity index (χ1) is 10.6. The average molecular weight is 304 g/mol. The Kier molecular flexibility index (Phi) is 6.40. The average Bonchev–Trinajstić information content (AvgIpc) is 2.59. The van der Waals surface area contributed by atoms with Crippen LogP contribution in [0.2, 0.25) is 0 Å². The molecule has 1 aliphatic rings. The third-order valence-electron chi connectivity index (χ3n) is 4.68. The molecule has 0 spiro atoms. The van der Waals surface area contributed by atoms with E-state index in [9.17, 15) is 9.90 Å². The minimum atomic E-state index is -0.302. The van der Waals surface area contributed by atoms with Gasteiger partial charge in [-0.3, -0.25) is 10.1 Å². The Hall–Kier alpha value is -1.39. The highest BCUT2D eigenvalue weighted by Gasteiger charge is 2.26. The lowest BCUT2D eigenvalue weighted by Crippen LogP contribution is -2.49. The lowest BCUT2D eigenvalue weighted by Gasteiger charge is -2.34. The van der Waals surface area contributed by atoms with Gasteiger partial charge < -0.3 is 10.0 Å². The first kappa shape index (κ1) is 17.0. The van der Waals surface area contributed by atoms with Crippen molar-refractivity contribution in [1.29, 1.82) is 0 Å². The van der Waals surface area contributed by atoms with Crippen LogP contribution in [0.3, 0.4) is 0 Å². The second-order valence-corrected chi connectivity index (χ2v) is 6.28. The van der Waals surface area contributed by atoms with Gasteiger partial charge in [0.1, 0.15) is 0 Å². The predicted octanol–water partition coefficient (Wildman–Crippen LogP) is 2.49. The van der Waals surface area contributed by atoms with Gasteiger partial charge in [-0.2, -0.15) is 0 Å². The summed E-state index contributed by atoms with van der Waals surface area (Å²) in [6.07, 6.45) is 5.93. The van der Waals surface area contributed by atoms with Crippen molar-refractivity contribution in [1.82, 2.24) is 10.2 Å². The summed E-state index contributed by atoms with van der Waals surface area (Å²) in [4.78, 5) is 14.5. The molecule has 0 unspecified atom stereocenters. The van der Waals surface area contributed by atoms with Crippen LogP contribution in [0.25, 0.3) is 0 Å². The number of aliphatic hydroxyl groups is 1. The van der Waals surface area contributed by atoms with Crippen molar-refractivity contribution in [2.45, 2.75) is 57.2 Å². The standard InChI is InChI=1S/C18H28N2O2/c1-14(18(22)20(2)16-11-7-4-8-12-16)19-17(13-21)15-9-5-3-6-10-15/h3,5-6,9-10,14,16-17,19,21H,4,7-8,11-13H2,1-2H3/t14-,17-/m0/s1. The summed E-state index contributed by atoms with van der Waals surface area (Å²) >= 11 is 0. The Morgan fingerprint density at radius 1 is 1.27 bits per heavy atom. The lowest BCUT2D eigenvalue weighted by molar-refractivity contribution is -0.134. The van der Waals surface area contributed by atoms with E-state index in [1.54, 1.807) is 0 Å². The summed E-state index contributed by atoms with van der Waals surface area (Å²) in [6.45, 7) is 1.86. The molecule has 2 atom stereocenters. The normalized spacial score (nSPS) is 18.7. The molecule has 1 fully saturated rings. The first-order valence-corrected chi connectivity index (χ1v) is 8.32. The Balaban J connectivity index is 1.94. The third-order valence-corrected chi connectivity index (χ3v) is 4.68. The zero-order valence-electron chi connectivity index (χ0n) is 13.7. The van der Waals surface area contributed by atoms with Crippen LogP contribution in [0.5, 0.6) is 0 Å². The quantitative estimate of drug-likeness (QED) is 0.849. The van der Waals surface area contributed by atoms with Crippen LogP contribution in [-0.4, -0.2) is 41.7 Å². The van der Waals surface area contributed by atoms with Crippen molar-refractivity contribution >= 4 is 5.91 Å². The molecule has 1 aliphatic carbocycles. The van der Waals surface area contributed by atoms with Crippen molar-refractivity contribution in [2.75, 3.05) is 13.7 Å². The molecule has 0 heterocycles.